The van der Waals surface area contributed by atoms with Crippen LogP contribution in [0.1, 0.15) is 6.92 Å². The van der Waals surface area contributed by atoms with Gasteiger partial charge in [0.05, 0.1) is 0 Å². The zero-order valence-electron chi connectivity index (χ0n) is 5.43. The van der Waals surface area contributed by atoms with E-state index in [2.05, 4.69) is 22.3 Å². The van der Waals surface area contributed by atoms with Gasteiger partial charge in [0, 0.05) is 11.9 Å². The summed E-state index contributed by atoms with van der Waals surface area (Å²) in [6.07, 6.45) is -0.445. The zero-order chi connectivity index (χ0) is 7.28. The molecule has 0 aliphatic carbocycles. The number of rotatable bonds is 2. The Hall–Kier alpha value is -0.640. The predicted octanol–water partition coefficient (Wildman–Crippen LogP) is 0.732. The van der Waals surface area contributed by atoms with Crippen molar-refractivity contribution in [1.29, 1.82) is 0 Å². The van der Waals surface area contributed by atoms with E-state index in [0.717, 1.165) is 0 Å². The van der Waals surface area contributed by atoms with E-state index in [1.807, 2.05) is 0 Å². The Morgan fingerprint density at radius 2 is 2.33 bits per heavy atom. The summed E-state index contributed by atoms with van der Waals surface area (Å²) in [6, 6.07) is 0. The normalized spacial score (nSPS) is 8.22. The number of alkyl carbamates (subject to hydrolysis) is 1. The van der Waals surface area contributed by atoms with Crippen LogP contribution in [0.15, 0.2) is 0 Å². The van der Waals surface area contributed by atoms with Crippen molar-refractivity contribution in [2.75, 3.05) is 13.7 Å². The average molecular weight is 147 g/mol. The summed E-state index contributed by atoms with van der Waals surface area (Å²) in [5, 5.41) is 2.30. The summed E-state index contributed by atoms with van der Waals surface area (Å²) in [6.45, 7) is 1.94. The molecule has 0 aromatic heterocycles. The molecule has 0 bridgehead atoms. The van der Waals surface area contributed by atoms with E-state index in [9.17, 15) is 4.79 Å². The molecule has 1 N–H and O–H groups in total. The van der Waals surface area contributed by atoms with Crippen LogP contribution in [0.3, 0.4) is 0 Å². The van der Waals surface area contributed by atoms with Gasteiger partial charge >= 0.3 is 6.09 Å². The van der Waals surface area contributed by atoms with Crippen LogP contribution in [0.4, 0.5) is 4.79 Å². The second-order valence-electron chi connectivity index (χ2n) is 1.53. The number of carbonyl (C=O) groups is 1. The third-order valence-electron chi connectivity index (χ3n) is 0.611. The highest BCUT2D eigenvalue weighted by Gasteiger charge is 1.95. The van der Waals surface area contributed by atoms with Crippen molar-refractivity contribution in [1.82, 2.24) is 5.32 Å². The maximum Gasteiger partial charge on any atom is 0.407 e. The monoisotopic (exact) mass is 147 g/mol. The van der Waals surface area contributed by atoms with Crippen LogP contribution < -0.4 is 5.32 Å². The quantitative estimate of drug-likeness (QED) is 0.585. The first-order valence-electron chi connectivity index (χ1n) is 2.50. The number of amides is 1. The van der Waals surface area contributed by atoms with E-state index in [1.54, 1.807) is 6.92 Å². The number of nitrogens with one attached hydrogen (secondary N) is 1. The number of thiocarbonyl (C=S) groups is 1. The standard InChI is InChI=1S/C5H9NO2S/c1-4(9)3-8-5(7)6-2/h3H2,1-2H3,(H,6,7). The first-order chi connectivity index (χ1) is 4.16. The molecule has 0 radical (unpaired) electrons. The first kappa shape index (κ1) is 8.36. The van der Waals surface area contributed by atoms with Gasteiger partial charge in [-0.25, -0.2) is 4.79 Å². The van der Waals surface area contributed by atoms with Crippen LogP contribution in [0.2, 0.25) is 0 Å². The van der Waals surface area contributed by atoms with Crippen LogP contribution in [-0.2, 0) is 4.74 Å². The van der Waals surface area contributed by atoms with Gasteiger partial charge in [0.1, 0.15) is 6.61 Å². The Labute approximate surface area is 59.4 Å². The lowest BCUT2D eigenvalue weighted by atomic mass is 10.5. The van der Waals surface area contributed by atoms with E-state index in [1.165, 1.54) is 7.05 Å². The summed E-state index contributed by atoms with van der Waals surface area (Å²) < 4.78 is 4.56. The maximum atomic E-state index is 10.3. The van der Waals surface area contributed by atoms with Crippen molar-refractivity contribution in [3.05, 3.63) is 0 Å². The summed E-state index contributed by atoms with van der Waals surface area (Å²) in [7, 11) is 1.50. The molecule has 0 saturated carbocycles. The van der Waals surface area contributed by atoms with Crippen molar-refractivity contribution in [3.8, 4) is 0 Å². The molecule has 0 fully saturated rings. The predicted molar refractivity (Wildman–Crippen MR) is 38.7 cm³/mol. The highest BCUT2D eigenvalue weighted by Crippen LogP contribution is 1.79. The van der Waals surface area contributed by atoms with Crippen LogP contribution in [0.25, 0.3) is 0 Å². The molecule has 0 atom stereocenters. The minimum absolute atomic E-state index is 0.217. The molecular weight excluding hydrogens is 138 g/mol. The second kappa shape index (κ2) is 4.26. The fourth-order valence-electron chi connectivity index (χ4n) is 0.239. The second-order valence-corrected chi connectivity index (χ2v) is 2.23. The average Bonchev–Trinajstić information content (AvgIpc) is 1.83. The fraction of sp³-hybridized carbons (Fsp3) is 0.600. The molecule has 4 heteroatoms. The zero-order valence-corrected chi connectivity index (χ0v) is 6.25. The molecule has 0 aliphatic rings. The lowest BCUT2D eigenvalue weighted by Crippen LogP contribution is -2.21. The molecule has 0 unspecified atom stereocenters. The van der Waals surface area contributed by atoms with Crippen molar-refractivity contribution in [2.45, 2.75) is 6.92 Å². The van der Waals surface area contributed by atoms with Gasteiger partial charge in [-0.1, -0.05) is 12.2 Å². The highest BCUT2D eigenvalue weighted by atomic mass is 32.1. The van der Waals surface area contributed by atoms with Crippen LogP contribution in [0.5, 0.6) is 0 Å². The van der Waals surface area contributed by atoms with E-state index >= 15 is 0 Å². The molecule has 0 rings (SSSR count). The largest absolute Gasteiger partial charge is 0.444 e. The Bertz CT molecular complexity index is 124. The van der Waals surface area contributed by atoms with Gasteiger partial charge < -0.3 is 10.1 Å². The van der Waals surface area contributed by atoms with Crippen molar-refractivity contribution >= 4 is 23.2 Å². The highest BCUT2D eigenvalue weighted by molar-refractivity contribution is 7.80. The molecule has 0 saturated heterocycles. The van der Waals surface area contributed by atoms with Crippen molar-refractivity contribution < 1.29 is 9.53 Å². The SMILES string of the molecule is CNC(=O)OCC(C)=S. The molecule has 0 spiro atoms. The Kier molecular flexibility index (Phi) is 3.96. The lowest BCUT2D eigenvalue weighted by Gasteiger charge is -1.99. The van der Waals surface area contributed by atoms with Crippen molar-refractivity contribution in [3.63, 3.8) is 0 Å². The molecular formula is C5H9NO2S. The number of hydrogen-bond acceptors (Lipinski definition) is 3. The maximum absolute atomic E-state index is 10.3. The molecule has 52 valence electrons. The van der Waals surface area contributed by atoms with Crippen LogP contribution in [-0.4, -0.2) is 24.6 Å². The number of carbonyl (C=O) groups excluding carboxylic acids is 1. The topological polar surface area (TPSA) is 38.3 Å². The van der Waals surface area contributed by atoms with Gasteiger partial charge in [-0.05, 0) is 6.92 Å². The van der Waals surface area contributed by atoms with Gasteiger partial charge in [-0.3, -0.25) is 0 Å². The first-order valence-corrected chi connectivity index (χ1v) is 2.91. The minimum Gasteiger partial charge on any atom is -0.444 e. The lowest BCUT2D eigenvalue weighted by molar-refractivity contribution is 0.164. The van der Waals surface area contributed by atoms with Gasteiger partial charge in [-0.15, -0.1) is 0 Å². The molecule has 0 heterocycles. The van der Waals surface area contributed by atoms with E-state index in [4.69, 9.17) is 0 Å². The van der Waals surface area contributed by atoms with Crippen LogP contribution >= 0.6 is 12.2 Å². The fourth-order valence-corrected chi connectivity index (χ4v) is 0.298. The summed E-state index contributed by atoms with van der Waals surface area (Å²) in [4.78, 5) is 11.0. The molecule has 1 amide bonds. The van der Waals surface area contributed by atoms with Gasteiger partial charge in [0.15, 0.2) is 0 Å². The third-order valence-corrected chi connectivity index (χ3v) is 0.729. The Balaban J connectivity index is 3.28. The summed E-state index contributed by atoms with van der Waals surface area (Å²) in [5.41, 5.74) is 0. The van der Waals surface area contributed by atoms with Gasteiger partial charge in [-0.2, -0.15) is 0 Å². The molecule has 0 aliphatic heterocycles. The number of hydrogen-bond donors (Lipinski definition) is 1. The van der Waals surface area contributed by atoms with Gasteiger partial charge in [0.25, 0.3) is 0 Å². The molecule has 0 aromatic carbocycles. The minimum atomic E-state index is -0.445. The van der Waals surface area contributed by atoms with E-state index in [-0.39, 0.29) is 6.61 Å². The summed E-state index contributed by atoms with van der Waals surface area (Å²) in [5.74, 6) is 0. The Morgan fingerprint density at radius 1 is 1.78 bits per heavy atom. The number of ether oxygens (including phenoxy) is 1. The molecule has 0 aromatic rings. The summed E-state index contributed by atoms with van der Waals surface area (Å²) >= 11 is 4.66. The van der Waals surface area contributed by atoms with E-state index < -0.39 is 6.09 Å². The smallest absolute Gasteiger partial charge is 0.407 e. The van der Waals surface area contributed by atoms with Gasteiger partial charge in [0.2, 0.25) is 0 Å². The Morgan fingerprint density at radius 3 is 2.67 bits per heavy atom. The molecule has 9 heavy (non-hydrogen) atoms. The third kappa shape index (κ3) is 5.23. The van der Waals surface area contributed by atoms with Crippen LogP contribution in [0, 0.1) is 0 Å². The van der Waals surface area contributed by atoms with E-state index in [0.29, 0.717) is 4.86 Å². The molecule has 3 nitrogen and oxygen atoms in total. The van der Waals surface area contributed by atoms with Crippen molar-refractivity contribution in [2.24, 2.45) is 0 Å².